The molecule has 0 spiro atoms. The molecule has 110 valence electrons. The Labute approximate surface area is 123 Å². The first kappa shape index (κ1) is 13.6. The Kier molecular flexibility index (Phi) is 3.02. The van der Waals surface area contributed by atoms with E-state index in [1.807, 2.05) is 0 Å². The molecule has 9 heteroatoms. The van der Waals surface area contributed by atoms with E-state index in [0.717, 1.165) is 5.01 Å². The lowest BCUT2D eigenvalue weighted by molar-refractivity contribution is -0.396. The van der Waals surface area contributed by atoms with Crippen molar-refractivity contribution in [1.29, 1.82) is 0 Å². The highest BCUT2D eigenvalue weighted by Gasteiger charge is 2.35. The molecule has 0 aliphatic carbocycles. The molecule has 1 aromatic heterocycles. The third-order valence-electron chi connectivity index (χ3n) is 3.24. The van der Waals surface area contributed by atoms with Crippen molar-refractivity contribution in [2.75, 3.05) is 0 Å². The van der Waals surface area contributed by atoms with E-state index in [1.165, 1.54) is 24.0 Å². The summed E-state index contributed by atoms with van der Waals surface area (Å²) < 4.78 is 1.20. The monoisotopic (exact) mass is 299 g/mol. The van der Waals surface area contributed by atoms with Gasteiger partial charge in [0.15, 0.2) is 5.69 Å². The van der Waals surface area contributed by atoms with Crippen LogP contribution in [-0.2, 0) is 7.05 Å². The van der Waals surface area contributed by atoms with Crippen LogP contribution in [-0.4, -0.2) is 37.5 Å². The molecule has 0 N–H and O–H groups in total. The summed E-state index contributed by atoms with van der Waals surface area (Å²) in [6, 6.07) is 6.39. The molecule has 1 aromatic carbocycles. The number of carbonyl (C=O) groups is 2. The highest BCUT2D eigenvalue weighted by molar-refractivity contribution is 6.21. The zero-order valence-electron chi connectivity index (χ0n) is 11.3. The second-order valence-electron chi connectivity index (χ2n) is 4.51. The number of hydrazone groups is 1. The van der Waals surface area contributed by atoms with Gasteiger partial charge in [-0.25, -0.2) is 4.57 Å². The maximum absolute atomic E-state index is 12.1. The summed E-state index contributed by atoms with van der Waals surface area (Å²) >= 11 is 0. The Bertz CT molecular complexity index is 804. The van der Waals surface area contributed by atoms with Crippen molar-refractivity contribution in [1.82, 2.24) is 14.6 Å². The Balaban J connectivity index is 1.90. The molecule has 0 atom stereocenters. The van der Waals surface area contributed by atoms with Gasteiger partial charge in [0, 0.05) is 0 Å². The van der Waals surface area contributed by atoms with E-state index in [0.29, 0.717) is 5.69 Å². The van der Waals surface area contributed by atoms with E-state index in [1.54, 1.807) is 24.3 Å². The van der Waals surface area contributed by atoms with E-state index in [4.69, 9.17) is 0 Å². The zero-order valence-corrected chi connectivity index (χ0v) is 11.3. The lowest BCUT2D eigenvalue weighted by atomic mass is 10.1. The van der Waals surface area contributed by atoms with Crippen molar-refractivity contribution >= 4 is 24.0 Å². The van der Waals surface area contributed by atoms with Gasteiger partial charge in [-0.1, -0.05) is 17.1 Å². The predicted octanol–water partition coefficient (Wildman–Crippen LogP) is 0.958. The average molecular weight is 299 g/mol. The van der Waals surface area contributed by atoms with Crippen LogP contribution in [0.4, 0.5) is 5.95 Å². The number of nitrogens with zero attached hydrogens (tertiary/aromatic N) is 5. The Hall–Kier alpha value is -3.36. The highest BCUT2D eigenvalue weighted by Crippen LogP contribution is 2.22. The summed E-state index contributed by atoms with van der Waals surface area (Å²) in [5, 5.41) is 15.3. The maximum Gasteiger partial charge on any atom is 0.434 e. The van der Waals surface area contributed by atoms with Crippen molar-refractivity contribution in [2.24, 2.45) is 12.1 Å². The molecule has 0 bridgehead atoms. The van der Waals surface area contributed by atoms with Crippen LogP contribution in [0.25, 0.3) is 0 Å². The van der Waals surface area contributed by atoms with Gasteiger partial charge in [-0.15, -0.1) is 0 Å². The Morgan fingerprint density at radius 3 is 2.32 bits per heavy atom. The van der Waals surface area contributed by atoms with Crippen molar-refractivity contribution in [3.05, 3.63) is 57.4 Å². The molecule has 0 unspecified atom stereocenters. The first-order valence-corrected chi connectivity index (χ1v) is 6.18. The van der Waals surface area contributed by atoms with Gasteiger partial charge in [-0.3, -0.25) is 9.59 Å². The number of benzene rings is 1. The summed E-state index contributed by atoms with van der Waals surface area (Å²) in [4.78, 5) is 37.9. The third-order valence-corrected chi connectivity index (χ3v) is 3.24. The number of imidazole rings is 1. The van der Waals surface area contributed by atoms with Crippen LogP contribution in [0.1, 0.15) is 26.4 Å². The largest absolute Gasteiger partial charge is 0.434 e. The van der Waals surface area contributed by atoms with Crippen molar-refractivity contribution < 1.29 is 14.5 Å². The normalized spacial score (nSPS) is 14.0. The Morgan fingerprint density at radius 1 is 1.23 bits per heavy atom. The van der Waals surface area contributed by atoms with Crippen LogP contribution in [0, 0.1) is 10.1 Å². The van der Waals surface area contributed by atoms with Crippen molar-refractivity contribution in [3.63, 3.8) is 0 Å². The van der Waals surface area contributed by atoms with Crippen LogP contribution in [0.3, 0.4) is 0 Å². The molecule has 9 nitrogen and oxygen atoms in total. The minimum Gasteiger partial charge on any atom is -0.390 e. The van der Waals surface area contributed by atoms with Gasteiger partial charge in [0.2, 0.25) is 0 Å². The molecule has 0 radical (unpaired) electrons. The fourth-order valence-corrected chi connectivity index (χ4v) is 2.10. The lowest BCUT2D eigenvalue weighted by Gasteiger charge is -2.04. The molecule has 22 heavy (non-hydrogen) atoms. The number of nitro groups is 1. The standard InChI is InChI=1S/C13H9N5O4/c1-16-8(6-14-13(16)18(21)22)7-15-17-11(19)9-4-2-3-5-10(9)12(17)20/h2-7H,1H3. The fourth-order valence-electron chi connectivity index (χ4n) is 2.10. The van der Waals surface area contributed by atoms with Crippen molar-refractivity contribution in [2.45, 2.75) is 0 Å². The molecular weight excluding hydrogens is 290 g/mol. The number of carbonyl (C=O) groups excluding carboxylic acids is 2. The SMILES string of the molecule is Cn1c(C=NN2C(=O)c3ccccc3C2=O)cnc1[N+](=O)[O-]. The van der Waals surface area contributed by atoms with Gasteiger partial charge in [0.25, 0.3) is 11.8 Å². The number of rotatable bonds is 3. The van der Waals surface area contributed by atoms with Gasteiger partial charge in [-0.2, -0.15) is 10.1 Å². The molecular formula is C13H9N5O4. The first-order valence-electron chi connectivity index (χ1n) is 6.18. The highest BCUT2D eigenvalue weighted by atomic mass is 16.6. The van der Waals surface area contributed by atoms with Crippen LogP contribution in [0.15, 0.2) is 35.6 Å². The van der Waals surface area contributed by atoms with Crippen molar-refractivity contribution in [3.8, 4) is 0 Å². The topological polar surface area (TPSA) is 111 Å². The number of hydrogen-bond acceptors (Lipinski definition) is 6. The molecule has 0 saturated heterocycles. The predicted molar refractivity (Wildman–Crippen MR) is 74.4 cm³/mol. The van der Waals surface area contributed by atoms with Gasteiger partial charge in [0.05, 0.1) is 24.4 Å². The molecule has 1 aliphatic rings. The third kappa shape index (κ3) is 1.95. The lowest BCUT2D eigenvalue weighted by Crippen LogP contribution is -2.24. The van der Waals surface area contributed by atoms with E-state index < -0.39 is 16.7 Å². The van der Waals surface area contributed by atoms with Crippen LogP contribution in [0.2, 0.25) is 0 Å². The van der Waals surface area contributed by atoms with Crippen LogP contribution in [0.5, 0.6) is 0 Å². The average Bonchev–Trinajstić information content (AvgIpc) is 2.98. The number of aromatic nitrogens is 2. The number of hydrogen-bond donors (Lipinski definition) is 0. The van der Waals surface area contributed by atoms with Crippen LogP contribution >= 0.6 is 0 Å². The molecule has 1 aliphatic heterocycles. The number of amides is 2. The van der Waals surface area contributed by atoms with Crippen LogP contribution < -0.4 is 0 Å². The Morgan fingerprint density at radius 2 is 1.82 bits per heavy atom. The molecule has 3 rings (SSSR count). The van der Waals surface area contributed by atoms with Gasteiger partial charge in [0.1, 0.15) is 6.20 Å². The minimum absolute atomic E-state index is 0.278. The number of fused-ring (bicyclic) bond motifs is 1. The van der Waals surface area contributed by atoms with Gasteiger partial charge >= 0.3 is 5.95 Å². The smallest absolute Gasteiger partial charge is 0.390 e. The zero-order chi connectivity index (χ0) is 15.9. The summed E-state index contributed by atoms with van der Waals surface area (Å²) in [6.07, 6.45) is 2.42. The first-order chi connectivity index (χ1) is 10.5. The molecule has 2 amide bonds. The summed E-state index contributed by atoms with van der Waals surface area (Å²) in [5.74, 6) is -1.43. The maximum atomic E-state index is 12.1. The quantitative estimate of drug-likeness (QED) is 0.363. The van der Waals surface area contributed by atoms with E-state index in [2.05, 4.69) is 10.1 Å². The number of imide groups is 1. The molecule has 0 saturated carbocycles. The van der Waals surface area contributed by atoms with E-state index in [-0.39, 0.29) is 17.1 Å². The van der Waals surface area contributed by atoms with Gasteiger partial charge in [-0.05, 0) is 17.1 Å². The summed E-state index contributed by atoms with van der Waals surface area (Å²) in [6.45, 7) is 0. The molecule has 0 fully saturated rings. The fraction of sp³-hybridized carbons (Fsp3) is 0.0769. The summed E-state index contributed by atoms with van der Waals surface area (Å²) in [5.41, 5.74) is 0.851. The second kappa shape index (κ2) is 4.88. The second-order valence-corrected chi connectivity index (χ2v) is 4.51. The van der Waals surface area contributed by atoms with E-state index >= 15 is 0 Å². The molecule has 2 heterocycles. The van der Waals surface area contributed by atoms with Gasteiger partial charge < -0.3 is 10.1 Å². The van der Waals surface area contributed by atoms with E-state index in [9.17, 15) is 19.7 Å². The summed E-state index contributed by atoms with van der Waals surface area (Å²) in [7, 11) is 1.44. The molecule has 2 aromatic rings. The minimum atomic E-state index is -0.640.